The fourth-order valence-corrected chi connectivity index (χ4v) is 4.69. The Morgan fingerprint density at radius 3 is 2.85 bits per heavy atom. The first-order valence-corrected chi connectivity index (χ1v) is 7.37. The summed E-state index contributed by atoms with van der Waals surface area (Å²) in [5.74, 6) is -0.151. The maximum Gasteiger partial charge on any atom is 0.372 e. The molecule has 3 rings (SSSR count). The Balaban J connectivity index is 1.75. The van der Waals surface area contributed by atoms with Crippen molar-refractivity contribution in [3.05, 3.63) is 23.7 Å². The number of furan rings is 1. The lowest BCUT2D eigenvalue weighted by atomic mass is 9.68. The van der Waals surface area contributed by atoms with Crippen molar-refractivity contribution in [1.82, 2.24) is 5.32 Å². The summed E-state index contributed by atoms with van der Waals surface area (Å²) in [6.45, 7) is 7.61. The van der Waals surface area contributed by atoms with Gasteiger partial charge in [0.05, 0.1) is 6.26 Å². The highest BCUT2D eigenvalue weighted by Crippen LogP contribution is 2.62. The van der Waals surface area contributed by atoms with Gasteiger partial charge in [0.25, 0.3) is 0 Å². The van der Waals surface area contributed by atoms with E-state index in [2.05, 4.69) is 26.1 Å². The van der Waals surface area contributed by atoms with Crippen LogP contribution in [0.15, 0.2) is 16.7 Å². The zero-order valence-electron chi connectivity index (χ0n) is 12.4. The number of carbonyl (C=O) groups is 1. The number of hydrogen-bond donors (Lipinski definition) is 2. The summed E-state index contributed by atoms with van der Waals surface area (Å²) in [7, 11) is 0. The van der Waals surface area contributed by atoms with Crippen LogP contribution in [0.1, 0.15) is 56.2 Å². The van der Waals surface area contributed by atoms with Crippen molar-refractivity contribution in [2.45, 2.75) is 52.6 Å². The Hall–Kier alpha value is -1.29. The molecule has 2 N–H and O–H groups in total. The molecule has 2 fully saturated rings. The molecule has 0 amide bonds. The van der Waals surface area contributed by atoms with Gasteiger partial charge in [0.2, 0.25) is 5.76 Å². The minimum atomic E-state index is -0.995. The number of carboxylic acids is 1. The fourth-order valence-electron chi connectivity index (χ4n) is 4.69. The van der Waals surface area contributed by atoms with E-state index in [1.54, 1.807) is 6.07 Å². The van der Waals surface area contributed by atoms with Crippen molar-refractivity contribution in [1.29, 1.82) is 0 Å². The molecule has 20 heavy (non-hydrogen) atoms. The van der Waals surface area contributed by atoms with Crippen LogP contribution in [-0.2, 0) is 6.54 Å². The second-order valence-electron chi connectivity index (χ2n) is 7.31. The van der Waals surface area contributed by atoms with Crippen LogP contribution in [0.25, 0.3) is 0 Å². The van der Waals surface area contributed by atoms with Crippen molar-refractivity contribution in [2.75, 3.05) is 0 Å². The van der Waals surface area contributed by atoms with Crippen LogP contribution < -0.4 is 5.32 Å². The molecule has 2 bridgehead atoms. The minimum Gasteiger partial charge on any atom is -0.475 e. The van der Waals surface area contributed by atoms with Crippen molar-refractivity contribution in [3.63, 3.8) is 0 Å². The number of hydrogen-bond acceptors (Lipinski definition) is 3. The molecule has 1 heterocycles. The van der Waals surface area contributed by atoms with Crippen molar-refractivity contribution >= 4 is 5.97 Å². The van der Waals surface area contributed by atoms with E-state index in [9.17, 15) is 4.79 Å². The Morgan fingerprint density at radius 2 is 2.25 bits per heavy atom. The molecule has 0 aliphatic heterocycles. The molecule has 3 unspecified atom stereocenters. The van der Waals surface area contributed by atoms with Gasteiger partial charge in [-0.3, -0.25) is 0 Å². The third-order valence-electron chi connectivity index (χ3n) is 5.71. The van der Waals surface area contributed by atoms with Gasteiger partial charge in [-0.2, -0.15) is 0 Å². The first kappa shape index (κ1) is 13.7. The summed E-state index contributed by atoms with van der Waals surface area (Å²) in [6.07, 6.45) is 5.34. The first-order valence-electron chi connectivity index (χ1n) is 7.37. The highest BCUT2D eigenvalue weighted by Gasteiger charge is 2.58. The second kappa shape index (κ2) is 4.35. The largest absolute Gasteiger partial charge is 0.475 e. The van der Waals surface area contributed by atoms with Crippen molar-refractivity contribution < 1.29 is 14.3 Å². The molecule has 110 valence electrons. The van der Waals surface area contributed by atoms with Crippen LogP contribution in [0.3, 0.4) is 0 Å². The first-order chi connectivity index (χ1) is 9.34. The number of fused-ring (bicyclic) bond motifs is 2. The van der Waals surface area contributed by atoms with Gasteiger partial charge in [0, 0.05) is 18.2 Å². The molecule has 1 aromatic rings. The van der Waals surface area contributed by atoms with Gasteiger partial charge in [-0.05, 0) is 42.1 Å². The molecule has 4 heteroatoms. The number of nitrogens with one attached hydrogen (secondary N) is 1. The van der Waals surface area contributed by atoms with Gasteiger partial charge < -0.3 is 14.8 Å². The van der Waals surface area contributed by atoms with E-state index in [1.165, 1.54) is 25.5 Å². The maximum atomic E-state index is 11.1. The third-order valence-corrected chi connectivity index (χ3v) is 5.71. The summed E-state index contributed by atoms with van der Waals surface area (Å²) in [5, 5.41) is 12.7. The maximum absolute atomic E-state index is 11.1. The van der Waals surface area contributed by atoms with E-state index < -0.39 is 5.97 Å². The van der Waals surface area contributed by atoms with Crippen LogP contribution in [0.2, 0.25) is 0 Å². The highest BCUT2D eigenvalue weighted by atomic mass is 16.4. The summed E-state index contributed by atoms with van der Waals surface area (Å²) in [4.78, 5) is 11.1. The molecule has 1 aromatic heterocycles. The molecule has 0 spiro atoms. The summed E-state index contributed by atoms with van der Waals surface area (Å²) >= 11 is 0. The van der Waals surface area contributed by atoms with Gasteiger partial charge in [-0.25, -0.2) is 4.79 Å². The van der Waals surface area contributed by atoms with Crippen LogP contribution in [0.4, 0.5) is 0 Å². The lowest BCUT2D eigenvalue weighted by Crippen LogP contribution is -2.50. The molecule has 2 aliphatic carbocycles. The molecule has 4 nitrogen and oxygen atoms in total. The average molecular weight is 277 g/mol. The van der Waals surface area contributed by atoms with Gasteiger partial charge in [-0.1, -0.05) is 20.8 Å². The number of carboxylic acid groups (broad SMARTS) is 1. The van der Waals surface area contributed by atoms with Gasteiger partial charge in [-0.15, -0.1) is 0 Å². The van der Waals surface area contributed by atoms with E-state index in [1.807, 2.05) is 0 Å². The molecular weight excluding hydrogens is 254 g/mol. The van der Waals surface area contributed by atoms with Crippen LogP contribution in [-0.4, -0.2) is 17.1 Å². The third kappa shape index (κ3) is 1.89. The topological polar surface area (TPSA) is 62.5 Å². The highest BCUT2D eigenvalue weighted by molar-refractivity contribution is 5.86. The van der Waals surface area contributed by atoms with Crippen LogP contribution in [0.5, 0.6) is 0 Å². The van der Waals surface area contributed by atoms with Gasteiger partial charge >= 0.3 is 5.97 Å². The van der Waals surface area contributed by atoms with Gasteiger partial charge in [0.15, 0.2) is 0 Å². The molecular formula is C16H23NO3. The minimum absolute atomic E-state index is 0.0589. The molecule has 2 aliphatic rings. The molecule has 2 saturated carbocycles. The van der Waals surface area contributed by atoms with Crippen LogP contribution >= 0.6 is 0 Å². The molecule has 3 atom stereocenters. The quantitative estimate of drug-likeness (QED) is 0.886. The van der Waals surface area contributed by atoms with Crippen molar-refractivity contribution in [2.24, 2.45) is 16.7 Å². The lowest BCUT2D eigenvalue weighted by molar-refractivity contribution is 0.0659. The Kier molecular flexibility index (Phi) is 2.98. The van der Waals surface area contributed by atoms with E-state index in [0.29, 0.717) is 18.0 Å². The zero-order chi connectivity index (χ0) is 14.5. The predicted molar refractivity (Wildman–Crippen MR) is 75.5 cm³/mol. The SMILES string of the molecule is CC12CCC(C1)C(C)(C)C2NCc1ccoc1C(=O)O. The van der Waals surface area contributed by atoms with E-state index in [-0.39, 0.29) is 11.2 Å². The lowest BCUT2D eigenvalue weighted by Gasteiger charge is -2.43. The van der Waals surface area contributed by atoms with E-state index in [0.717, 1.165) is 11.5 Å². The summed E-state index contributed by atoms with van der Waals surface area (Å²) in [5.41, 5.74) is 1.36. The van der Waals surface area contributed by atoms with Gasteiger partial charge in [0.1, 0.15) is 0 Å². The summed E-state index contributed by atoms with van der Waals surface area (Å²) < 4.78 is 5.04. The number of rotatable bonds is 4. The molecule has 0 radical (unpaired) electrons. The van der Waals surface area contributed by atoms with E-state index in [4.69, 9.17) is 9.52 Å². The van der Waals surface area contributed by atoms with Crippen LogP contribution in [0, 0.1) is 16.7 Å². The standard InChI is InChI=1S/C16H23NO3/c1-15(2)11-4-6-16(3,8-11)14(15)17-9-10-5-7-20-12(10)13(18)19/h5,7,11,14,17H,4,6,8-9H2,1-3H3,(H,18,19). The monoisotopic (exact) mass is 277 g/mol. The Labute approximate surface area is 119 Å². The zero-order valence-corrected chi connectivity index (χ0v) is 12.4. The second-order valence-corrected chi connectivity index (χ2v) is 7.31. The average Bonchev–Trinajstić information content (AvgIpc) is 2.99. The molecule has 0 aromatic carbocycles. The Morgan fingerprint density at radius 1 is 1.50 bits per heavy atom. The smallest absolute Gasteiger partial charge is 0.372 e. The molecule has 0 saturated heterocycles. The van der Waals surface area contributed by atoms with Crippen molar-refractivity contribution in [3.8, 4) is 0 Å². The van der Waals surface area contributed by atoms with E-state index >= 15 is 0 Å². The fraction of sp³-hybridized carbons (Fsp3) is 0.688. The number of aromatic carboxylic acids is 1. The summed E-state index contributed by atoms with van der Waals surface area (Å²) in [6, 6.07) is 2.18. The normalized spacial score (nSPS) is 34.5. The predicted octanol–water partition coefficient (Wildman–Crippen LogP) is 3.28. The Bertz CT molecular complexity index is 529.